The molecule has 0 bridgehead atoms. The van der Waals surface area contributed by atoms with Crippen molar-refractivity contribution in [2.24, 2.45) is 0 Å². The molecule has 0 aliphatic carbocycles. The smallest absolute Gasteiger partial charge is 0.261 e. The van der Waals surface area contributed by atoms with Gasteiger partial charge in [0.25, 0.3) is 15.9 Å². The van der Waals surface area contributed by atoms with Crippen LogP contribution in [0.2, 0.25) is 0 Å². The maximum atomic E-state index is 12.7. The third-order valence-electron chi connectivity index (χ3n) is 4.69. The fourth-order valence-electron chi connectivity index (χ4n) is 3.25. The summed E-state index contributed by atoms with van der Waals surface area (Å²) in [7, 11) is -3.75. The van der Waals surface area contributed by atoms with Gasteiger partial charge in [0.1, 0.15) is 5.75 Å². The highest BCUT2D eigenvalue weighted by Crippen LogP contribution is 2.20. The fourth-order valence-corrected chi connectivity index (χ4v) is 4.50. The fraction of sp³-hybridized carbons (Fsp3) is 0.200. The van der Waals surface area contributed by atoms with Gasteiger partial charge in [-0.3, -0.25) is 14.8 Å². The van der Waals surface area contributed by atoms with Gasteiger partial charge in [-0.25, -0.2) is 8.42 Å². The van der Waals surface area contributed by atoms with E-state index in [-0.39, 0.29) is 15.9 Å². The molecule has 0 aliphatic rings. The molecule has 0 radical (unpaired) electrons. The molecule has 9 heteroatoms. The van der Waals surface area contributed by atoms with Crippen molar-refractivity contribution in [3.8, 4) is 5.75 Å². The first-order valence-electron chi connectivity index (χ1n) is 10.7. The Balaban J connectivity index is 1.61. The number of carbonyl (C=O) groups excluding carboxylic acids is 1. The Hall–Kier alpha value is -3.43. The van der Waals surface area contributed by atoms with Gasteiger partial charge < -0.3 is 10.1 Å². The van der Waals surface area contributed by atoms with Crippen molar-refractivity contribution in [2.45, 2.75) is 32.1 Å². The summed E-state index contributed by atoms with van der Waals surface area (Å²) in [4.78, 5) is 12.6. The summed E-state index contributed by atoms with van der Waals surface area (Å²) in [5.41, 5.74) is 3.39. The number of rotatable bonds is 8. The van der Waals surface area contributed by atoms with Crippen LogP contribution in [0.25, 0.3) is 0 Å². The number of ether oxygens (including phenoxy) is 1. The first-order chi connectivity index (χ1) is 16.2. The highest BCUT2D eigenvalue weighted by molar-refractivity contribution is 7.92. The molecule has 3 aromatic rings. The predicted molar refractivity (Wildman–Crippen MR) is 139 cm³/mol. The van der Waals surface area contributed by atoms with Gasteiger partial charge in [-0.2, -0.15) is 0 Å². The Morgan fingerprint density at radius 1 is 0.941 bits per heavy atom. The van der Waals surface area contributed by atoms with Crippen molar-refractivity contribution in [1.29, 1.82) is 0 Å². The molecule has 0 saturated heterocycles. The van der Waals surface area contributed by atoms with E-state index in [1.807, 2.05) is 26.8 Å². The first-order valence-corrected chi connectivity index (χ1v) is 12.6. The van der Waals surface area contributed by atoms with Crippen LogP contribution >= 0.6 is 12.2 Å². The monoisotopic (exact) mass is 497 g/mol. The lowest BCUT2D eigenvalue weighted by atomic mass is 10.1. The van der Waals surface area contributed by atoms with E-state index in [2.05, 4.69) is 15.4 Å². The maximum absolute atomic E-state index is 12.7. The third kappa shape index (κ3) is 7.03. The van der Waals surface area contributed by atoms with Gasteiger partial charge in [0.2, 0.25) is 0 Å². The number of hydrogen-bond acceptors (Lipinski definition) is 5. The van der Waals surface area contributed by atoms with Gasteiger partial charge >= 0.3 is 0 Å². The normalized spacial score (nSPS) is 10.9. The second-order valence-corrected chi connectivity index (χ2v) is 9.88. The van der Waals surface area contributed by atoms with Crippen LogP contribution in [-0.2, 0) is 10.0 Å². The Kier molecular flexibility index (Phi) is 8.25. The molecule has 0 spiro atoms. The molecule has 0 unspecified atom stereocenters. The Labute approximate surface area is 205 Å². The quantitative estimate of drug-likeness (QED) is 0.378. The number of hydrogen-bond donors (Lipinski definition) is 3. The summed E-state index contributed by atoms with van der Waals surface area (Å²) in [6, 6.07) is 18.4. The molecule has 7 nitrogen and oxygen atoms in total. The molecule has 3 rings (SSSR count). The summed E-state index contributed by atoms with van der Waals surface area (Å²) in [5.74, 6) is 0.232. The van der Waals surface area contributed by atoms with Crippen LogP contribution in [0.1, 0.15) is 34.8 Å². The number of anilines is 2. The van der Waals surface area contributed by atoms with Crippen LogP contribution in [-0.4, -0.2) is 26.0 Å². The molecule has 3 N–H and O–H groups in total. The van der Waals surface area contributed by atoms with Crippen LogP contribution in [0.3, 0.4) is 0 Å². The van der Waals surface area contributed by atoms with Crippen molar-refractivity contribution >= 4 is 44.6 Å². The number of sulfonamides is 1. The Morgan fingerprint density at radius 3 is 2.26 bits per heavy atom. The van der Waals surface area contributed by atoms with Crippen LogP contribution in [0.15, 0.2) is 71.6 Å². The van der Waals surface area contributed by atoms with E-state index < -0.39 is 10.0 Å². The summed E-state index contributed by atoms with van der Waals surface area (Å²) >= 11 is 5.23. The highest BCUT2D eigenvalue weighted by atomic mass is 32.2. The van der Waals surface area contributed by atoms with E-state index in [0.29, 0.717) is 29.3 Å². The number of amides is 1. The summed E-state index contributed by atoms with van der Waals surface area (Å²) in [5, 5.41) is 5.59. The zero-order valence-electron chi connectivity index (χ0n) is 19.2. The molecular formula is C25H27N3O4S2. The predicted octanol–water partition coefficient (Wildman–Crippen LogP) is 5.02. The molecular weight excluding hydrogens is 470 g/mol. The SMILES string of the molecule is CCCOc1cccc(C(=O)NC(=S)Nc2ccc(S(=O)(=O)Nc3cc(C)cc(C)c3)cc2)c1. The number of carbonyl (C=O) groups is 1. The van der Waals surface area contributed by atoms with Crippen LogP contribution < -0.4 is 20.1 Å². The molecule has 0 aromatic heterocycles. The zero-order valence-corrected chi connectivity index (χ0v) is 20.8. The summed E-state index contributed by atoms with van der Waals surface area (Å²) in [6.07, 6.45) is 0.867. The van der Waals surface area contributed by atoms with E-state index in [1.165, 1.54) is 12.1 Å². The minimum absolute atomic E-state index is 0.0915. The maximum Gasteiger partial charge on any atom is 0.261 e. The molecule has 0 fully saturated rings. The largest absolute Gasteiger partial charge is 0.494 e. The minimum Gasteiger partial charge on any atom is -0.494 e. The number of thiocarbonyl (C=S) groups is 1. The van der Waals surface area contributed by atoms with Crippen LogP contribution in [0.4, 0.5) is 11.4 Å². The van der Waals surface area contributed by atoms with Crippen molar-refractivity contribution < 1.29 is 17.9 Å². The number of aryl methyl sites for hydroxylation is 2. The van der Waals surface area contributed by atoms with Gasteiger partial charge in [0, 0.05) is 16.9 Å². The van der Waals surface area contributed by atoms with Crippen molar-refractivity contribution in [1.82, 2.24) is 5.32 Å². The summed E-state index contributed by atoms with van der Waals surface area (Å²) < 4.78 is 33.6. The average Bonchev–Trinajstić information content (AvgIpc) is 2.77. The number of benzene rings is 3. The molecule has 178 valence electrons. The van der Waals surface area contributed by atoms with Gasteiger partial charge in [-0.1, -0.05) is 19.1 Å². The highest BCUT2D eigenvalue weighted by Gasteiger charge is 2.15. The average molecular weight is 498 g/mol. The second-order valence-electron chi connectivity index (χ2n) is 7.79. The van der Waals surface area contributed by atoms with Gasteiger partial charge in [-0.05, 0) is 98.2 Å². The van der Waals surface area contributed by atoms with Crippen molar-refractivity contribution in [3.63, 3.8) is 0 Å². The molecule has 34 heavy (non-hydrogen) atoms. The van der Waals surface area contributed by atoms with E-state index >= 15 is 0 Å². The lowest BCUT2D eigenvalue weighted by Gasteiger charge is -2.12. The number of nitrogens with one attached hydrogen (secondary N) is 3. The minimum atomic E-state index is -3.75. The standard InChI is InChI=1S/C25H27N3O4S2/c1-4-12-32-22-7-5-6-19(16-22)24(29)27-25(33)26-20-8-10-23(11-9-20)34(30,31)28-21-14-17(2)13-18(3)15-21/h5-11,13-16,28H,4,12H2,1-3H3,(H2,26,27,29,33). The Morgan fingerprint density at radius 2 is 1.62 bits per heavy atom. The second kappa shape index (κ2) is 11.1. The Bertz CT molecular complexity index is 1270. The molecule has 0 heterocycles. The van der Waals surface area contributed by atoms with Gasteiger partial charge in [-0.15, -0.1) is 0 Å². The lowest BCUT2D eigenvalue weighted by molar-refractivity contribution is 0.0977. The van der Waals surface area contributed by atoms with E-state index in [9.17, 15) is 13.2 Å². The molecule has 0 aliphatic heterocycles. The topological polar surface area (TPSA) is 96.5 Å². The van der Waals surface area contributed by atoms with E-state index in [1.54, 1.807) is 48.5 Å². The van der Waals surface area contributed by atoms with E-state index in [0.717, 1.165) is 17.5 Å². The van der Waals surface area contributed by atoms with Gasteiger partial charge in [0.15, 0.2) is 5.11 Å². The van der Waals surface area contributed by atoms with Crippen molar-refractivity contribution in [2.75, 3.05) is 16.6 Å². The van der Waals surface area contributed by atoms with Crippen molar-refractivity contribution in [3.05, 3.63) is 83.4 Å². The van der Waals surface area contributed by atoms with Crippen LogP contribution in [0.5, 0.6) is 5.75 Å². The lowest BCUT2D eigenvalue weighted by Crippen LogP contribution is -2.34. The molecule has 0 saturated carbocycles. The van der Waals surface area contributed by atoms with Gasteiger partial charge in [0.05, 0.1) is 11.5 Å². The molecule has 3 aromatic carbocycles. The summed E-state index contributed by atoms with van der Waals surface area (Å²) in [6.45, 7) is 6.38. The van der Waals surface area contributed by atoms with E-state index in [4.69, 9.17) is 17.0 Å². The molecule has 1 amide bonds. The third-order valence-corrected chi connectivity index (χ3v) is 6.29. The molecule has 0 atom stereocenters. The van der Waals surface area contributed by atoms with Crippen LogP contribution in [0, 0.1) is 13.8 Å². The zero-order chi connectivity index (χ0) is 24.7. The first kappa shape index (κ1) is 25.2.